The van der Waals surface area contributed by atoms with Crippen LogP contribution in [0.15, 0.2) is 0 Å². The van der Waals surface area contributed by atoms with E-state index in [1.54, 1.807) is 6.92 Å². The fourth-order valence-electron chi connectivity index (χ4n) is 2.22. The summed E-state index contributed by atoms with van der Waals surface area (Å²) in [5.74, 6) is -6.85. The summed E-state index contributed by atoms with van der Waals surface area (Å²) in [5.41, 5.74) is -1.20. The van der Waals surface area contributed by atoms with Crippen molar-refractivity contribution in [2.24, 2.45) is 7.05 Å². The van der Waals surface area contributed by atoms with E-state index in [0.29, 0.717) is 12.1 Å². The number of amides is 1. The van der Waals surface area contributed by atoms with Crippen LogP contribution < -0.4 is 5.32 Å². The number of carbonyl (C=O) groups excluding carboxylic acids is 1. The van der Waals surface area contributed by atoms with Crippen molar-refractivity contribution in [1.82, 2.24) is 15.1 Å². The van der Waals surface area contributed by atoms with Crippen LogP contribution in [0.5, 0.6) is 0 Å². The molecule has 2 rings (SSSR count). The van der Waals surface area contributed by atoms with Gasteiger partial charge in [0.25, 0.3) is 5.91 Å². The number of hydrogen-bond donors (Lipinski definition) is 1. The van der Waals surface area contributed by atoms with E-state index in [9.17, 15) is 22.4 Å². The molecule has 1 N–H and O–H groups in total. The van der Waals surface area contributed by atoms with E-state index < -0.39 is 46.8 Å². The van der Waals surface area contributed by atoms with Crippen LogP contribution in [0.2, 0.25) is 5.02 Å². The highest BCUT2D eigenvalue weighted by Gasteiger charge is 2.25. The van der Waals surface area contributed by atoms with Gasteiger partial charge in [-0.1, -0.05) is 18.5 Å². The van der Waals surface area contributed by atoms with E-state index in [1.165, 1.54) is 11.7 Å². The lowest BCUT2D eigenvalue weighted by Gasteiger charge is -2.11. The van der Waals surface area contributed by atoms with Crippen molar-refractivity contribution in [3.05, 3.63) is 50.8 Å². The molecule has 1 heterocycles. The maximum atomic E-state index is 13.8. The van der Waals surface area contributed by atoms with Crippen LogP contribution in [-0.2, 0) is 20.0 Å². The molecular weight excluding hydrogens is 350 g/mol. The van der Waals surface area contributed by atoms with E-state index in [-0.39, 0.29) is 10.7 Å². The monoisotopic (exact) mass is 363 g/mol. The minimum absolute atomic E-state index is 0.0117. The second-order valence-corrected chi connectivity index (χ2v) is 5.51. The second-order valence-electron chi connectivity index (χ2n) is 5.13. The highest BCUT2D eigenvalue weighted by Crippen LogP contribution is 2.24. The number of nitrogens with one attached hydrogen (secondary N) is 1. The maximum Gasteiger partial charge on any atom is 0.271 e. The number of carbonyl (C=O) groups is 1. The molecule has 0 aliphatic carbocycles. The largest absolute Gasteiger partial charge is 0.346 e. The Bertz CT molecular complexity index is 791. The molecule has 0 fully saturated rings. The molecule has 0 radical (unpaired) electrons. The van der Waals surface area contributed by atoms with Gasteiger partial charge >= 0.3 is 0 Å². The predicted molar refractivity (Wildman–Crippen MR) is 79.8 cm³/mol. The zero-order valence-corrected chi connectivity index (χ0v) is 13.9. The van der Waals surface area contributed by atoms with Crippen LogP contribution in [0.4, 0.5) is 17.6 Å². The predicted octanol–water partition coefficient (Wildman–Crippen LogP) is 3.43. The summed E-state index contributed by atoms with van der Waals surface area (Å²) in [7, 11) is 1.48. The van der Waals surface area contributed by atoms with Crippen LogP contribution >= 0.6 is 11.6 Å². The number of rotatable bonds is 4. The lowest BCUT2D eigenvalue weighted by molar-refractivity contribution is 0.0940. The molecule has 0 saturated heterocycles. The lowest BCUT2D eigenvalue weighted by Crippen LogP contribution is -2.27. The summed E-state index contributed by atoms with van der Waals surface area (Å²) in [5, 5.41) is 6.34. The molecule has 1 amide bonds. The molecule has 2 aromatic rings. The Morgan fingerprint density at radius 3 is 2.17 bits per heavy atom. The number of aryl methyl sites for hydroxylation is 2. The average molecular weight is 364 g/mol. The van der Waals surface area contributed by atoms with Gasteiger partial charge in [0.1, 0.15) is 5.69 Å². The Labute approximate surface area is 140 Å². The minimum Gasteiger partial charge on any atom is -0.346 e. The number of nitrogens with zero attached hydrogens (tertiary/aromatic N) is 2. The Balaban J connectivity index is 2.30. The normalized spacial score (nSPS) is 11.0. The van der Waals surface area contributed by atoms with Crippen molar-refractivity contribution < 1.29 is 22.4 Å². The molecular formula is C15H14ClF4N3O. The highest BCUT2D eigenvalue weighted by atomic mass is 35.5. The van der Waals surface area contributed by atoms with Gasteiger partial charge in [0.15, 0.2) is 23.3 Å². The molecule has 9 heteroatoms. The van der Waals surface area contributed by atoms with Crippen LogP contribution in [0, 0.1) is 30.2 Å². The molecule has 0 aliphatic rings. The molecule has 130 valence electrons. The zero-order valence-electron chi connectivity index (χ0n) is 13.1. The smallest absolute Gasteiger partial charge is 0.271 e. The number of hydrogen-bond acceptors (Lipinski definition) is 2. The highest BCUT2D eigenvalue weighted by molar-refractivity contribution is 6.34. The van der Waals surface area contributed by atoms with Crippen molar-refractivity contribution in [3.8, 4) is 0 Å². The standard InChI is InChI=1S/C15H14ClF4N3O/c1-4-8-9(16)14(23(3)22-8)15(24)21-5-7-12(19)10(17)6(2)11(18)13(7)20/h4-5H2,1-3H3,(H,21,24). The first-order chi connectivity index (χ1) is 11.2. The Morgan fingerprint density at radius 1 is 1.17 bits per heavy atom. The van der Waals surface area contributed by atoms with Crippen molar-refractivity contribution >= 4 is 17.5 Å². The van der Waals surface area contributed by atoms with E-state index in [1.807, 2.05) is 0 Å². The Kier molecular flexibility index (Phi) is 5.17. The van der Waals surface area contributed by atoms with Gasteiger partial charge in [-0.15, -0.1) is 0 Å². The topological polar surface area (TPSA) is 46.9 Å². The first kappa shape index (κ1) is 18.3. The van der Waals surface area contributed by atoms with Crippen LogP contribution in [0.3, 0.4) is 0 Å². The fraction of sp³-hybridized carbons (Fsp3) is 0.333. The van der Waals surface area contributed by atoms with Crippen molar-refractivity contribution in [1.29, 1.82) is 0 Å². The SMILES string of the molecule is CCc1nn(C)c(C(=O)NCc2c(F)c(F)c(C)c(F)c2F)c1Cl. The molecule has 1 aromatic carbocycles. The Morgan fingerprint density at radius 2 is 1.71 bits per heavy atom. The quantitative estimate of drug-likeness (QED) is 0.668. The lowest BCUT2D eigenvalue weighted by atomic mass is 10.1. The molecule has 0 saturated carbocycles. The fourth-order valence-corrected chi connectivity index (χ4v) is 2.60. The van der Waals surface area contributed by atoms with Gasteiger partial charge < -0.3 is 5.32 Å². The third kappa shape index (κ3) is 2.98. The summed E-state index contributed by atoms with van der Waals surface area (Å²) >= 11 is 6.03. The van der Waals surface area contributed by atoms with Gasteiger partial charge in [-0.2, -0.15) is 5.10 Å². The van der Waals surface area contributed by atoms with Gasteiger partial charge in [-0.25, -0.2) is 17.6 Å². The van der Waals surface area contributed by atoms with Crippen LogP contribution in [0.1, 0.15) is 34.2 Å². The van der Waals surface area contributed by atoms with E-state index >= 15 is 0 Å². The van der Waals surface area contributed by atoms with Gasteiger partial charge in [0.2, 0.25) is 0 Å². The van der Waals surface area contributed by atoms with Gasteiger partial charge in [-0.3, -0.25) is 9.48 Å². The molecule has 0 atom stereocenters. The van der Waals surface area contributed by atoms with Crippen molar-refractivity contribution in [2.45, 2.75) is 26.8 Å². The van der Waals surface area contributed by atoms with E-state index in [0.717, 1.165) is 6.92 Å². The zero-order chi connectivity index (χ0) is 18.2. The van der Waals surface area contributed by atoms with Crippen molar-refractivity contribution in [3.63, 3.8) is 0 Å². The van der Waals surface area contributed by atoms with E-state index in [2.05, 4.69) is 10.4 Å². The van der Waals surface area contributed by atoms with E-state index in [4.69, 9.17) is 11.6 Å². The number of halogens is 5. The van der Waals surface area contributed by atoms with Gasteiger partial charge in [-0.05, 0) is 13.3 Å². The minimum atomic E-state index is -1.54. The molecule has 0 spiro atoms. The van der Waals surface area contributed by atoms with Gasteiger partial charge in [0, 0.05) is 24.7 Å². The van der Waals surface area contributed by atoms with Crippen LogP contribution in [0.25, 0.3) is 0 Å². The molecule has 0 bridgehead atoms. The first-order valence-corrected chi connectivity index (χ1v) is 7.39. The molecule has 1 aromatic heterocycles. The third-order valence-corrected chi connectivity index (χ3v) is 4.00. The van der Waals surface area contributed by atoms with Crippen LogP contribution in [-0.4, -0.2) is 15.7 Å². The molecule has 0 unspecified atom stereocenters. The molecule has 0 aliphatic heterocycles. The number of aromatic nitrogens is 2. The molecule has 4 nitrogen and oxygen atoms in total. The summed E-state index contributed by atoms with van der Waals surface area (Å²) in [6.07, 6.45) is 0.484. The Hall–Kier alpha value is -2.09. The summed E-state index contributed by atoms with van der Waals surface area (Å²) in [6, 6.07) is 0. The summed E-state index contributed by atoms with van der Waals surface area (Å²) in [6.45, 7) is 1.97. The van der Waals surface area contributed by atoms with Crippen molar-refractivity contribution in [2.75, 3.05) is 0 Å². The third-order valence-electron chi connectivity index (χ3n) is 3.61. The van der Waals surface area contributed by atoms with Gasteiger partial charge in [0.05, 0.1) is 10.7 Å². The summed E-state index contributed by atoms with van der Waals surface area (Å²) in [4.78, 5) is 12.2. The second kappa shape index (κ2) is 6.80. The maximum absolute atomic E-state index is 13.8. The average Bonchev–Trinajstić information content (AvgIpc) is 2.84. The first-order valence-electron chi connectivity index (χ1n) is 7.01. The molecule has 24 heavy (non-hydrogen) atoms. The number of benzene rings is 1. The summed E-state index contributed by atoms with van der Waals surface area (Å²) < 4.78 is 55.9.